The second-order valence-electron chi connectivity index (χ2n) is 8.42. The van der Waals surface area contributed by atoms with Crippen molar-refractivity contribution in [1.82, 2.24) is 10.6 Å². The van der Waals surface area contributed by atoms with Crippen LogP contribution in [0.1, 0.15) is 34.0 Å². The van der Waals surface area contributed by atoms with Crippen molar-refractivity contribution in [2.75, 3.05) is 0 Å². The molecule has 9 heteroatoms. The molecule has 0 aliphatic rings. The Kier molecular flexibility index (Phi) is 9.51. The van der Waals surface area contributed by atoms with E-state index < -0.39 is 36.2 Å². The van der Waals surface area contributed by atoms with Crippen molar-refractivity contribution < 1.29 is 34.1 Å². The van der Waals surface area contributed by atoms with Gasteiger partial charge in [0.15, 0.2) is 5.78 Å². The fourth-order valence-corrected chi connectivity index (χ4v) is 3.54. The molecule has 0 radical (unpaired) electrons. The molecule has 0 aromatic heterocycles. The minimum atomic E-state index is -1.43. The van der Waals surface area contributed by atoms with Gasteiger partial charge in [0.1, 0.15) is 18.7 Å². The summed E-state index contributed by atoms with van der Waals surface area (Å²) < 4.78 is 5.08. The average molecular weight is 505 g/mol. The lowest BCUT2D eigenvalue weighted by Crippen LogP contribution is -2.56. The molecule has 0 saturated heterocycles. The number of amides is 2. The minimum Gasteiger partial charge on any atom is -0.480 e. The summed E-state index contributed by atoms with van der Waals surface area (Å²) in [4.78, 5) is 49.3. The number of ketones is 1. The second kappa shape index (κ2) is 13.0. The van der Waals surface area contributed by atoms with Gasteiger partial charge < -0.3 is 25.6 Å². The van der Waals surface area contributed by atoms with Crippen LogP contribution in [0.15, 0.2) is 84.9 Å². The van der Waals surface area contributed by atoms with Crippen LogP contribution >= 0.6 is 0 Å². The Morgan fingerprint density at radius 3 is 1.92 bits per heavy atom. The van der Waals surface area contributed by atoms with Crippen molar-refractivity contribution in [2.24, 2.45) is 0 Å². The quantitative estimate of drug-likeness (QED) is 0.294. The minimum absolute atomic E-state index is 0.0403. The Bertz CT molecular complexity index is 1210. The number of hydrogen-bond acceptors (Lipinski definition) is 6. The Labute approximate surface area is 214 Å². The zero-order valence-corrected chi connectivity index (χ0v) is 20.2. The van der Waals surface area contributed by atoms with Crippen LogP contribution in [0.5, 0.6) is 0 Å². The fraction of sp³-hybridized carbons (Fsp3) is 0.214. The molecule has 0 aliphatic carbocycles. The van der Waals surface area contributed by atoms with Gasteiger partial charge in [-0.15, -0.1) is 0 Å². The van der Waals surface area contributed by atoms with Gasteiger partial charge in [-0.25, -0.2) is 9.59 Å². The zero-order valence-electron chi connectivity index (χ0n) is 20.2. The van der Waals surface area contributed by atoms with E-state index in [0.29, 0.717) is 16.7 Å². The van der Waals surface area contributed by atoms with Crippen LogP contribution in [0, 0.1) is 0 Å². The average Bonchev–Trinajstić information content (AvgIpc) is 2.91. The standard InChI is InChI=1S/C28H28N2O7/c1-18(31)24(30-28(36)37-17-20-8-4-2-5-9-20)26(33)29-23(27(34)35)16-19-12-14-22(15-13-19)25(32)21-10-6-3-7-11-21/h2-15,18,23-24,31H,16-17H2,1H3,(H,29,33)(H,30,36)(H,34,35)/t18-,23-,24+/m1/s1. The van der Waals surface area contributed by atoms with Crippen molar-refractivity contribution >= 4 is 23.8 Å². The van der Waals surface area contributed by atoms with E-state index in [0.717, 1.165) is 5.56 Å². The van der Waals surface area contributed by atoms with E-state index >= 15 is 0 Å². The molecule has 3 aromatic rings. The first-order chi connectivity index (χ1) is 17.7. The molecule has 3 atom stereocenters. The molecule has 4 N–H and O–H groups in total. The van der Waals surface area contributed by atoms with E-state index in [4.69, 9.17) is 4.74 Å². The number of carboxylic acids is 1. The lowest BCUT2D eigenvalue weighted by atomic mass is 9.99. The van der Waals surface area contributed by atoms with Gasteiger partial charge in [-0.3, -0.25) is 9.59 Å². The third kappa shape index (κ3) is 8.01. The number of carbonyl (C=O) groups excluding carboxylic acids is 3. The number of alkyl carbamates (subject to hydrolysis) is 1. The summed E-state index contributed by atoms with van der Waals surface area (Å²) in [5, 5.41) is 24.3. The van der Waals surface area contributed by atoms with Gasteiger partial charge in [-0.05, 0) is 18.1 Å². The number of carboxylic acid groups (broad SMARTS) is 1. The van der Waals surface area contributed by atoms with Crippen LogP contribution in [0.3, 0.4) is 0 Å². The second-order valence-corrected chi connectivity index (χ2v) is 8.42. The van der Waals surface area contributed by atoms with Crippen LogP contribution in [-0.2, 0) is 27.4 Å². The van der Waals surface area contributed by atoms with E-state index in [1.165, 1.54) is 6.92 Å². The van der Waals surface area contributed by atoms with E-state index in [1.807, 2.05) is 12.1 Å². The lowest BCUT2D eigenvalue weighted by Gasteiger charge is -2.23. The first-order valence-electron chi connectivity index (χ1n) is 11.6. The summed E-state index contributed by atoms with van der Waals surface area (Å²) in [5.74, 6) is -2.34. The number of carbonyl (C=O) groups is 4. The van der Waals surface area contributed by atoms with Gasteiger partial charge in [0.25, 0.3) is 0 Å². The maximum Gasteiger partial charge on any atom is 0.408 e. The topological polar surface area (TPSA) is 142 Å². The van der Waals surface area contributed by atoms with Gasteiger partial charge >= 0.3 is 12.1 Å². The van der Waals surface area contributed by atoms with Gasteiger partial charge in [0.2, 0.25) is 5.91 Å². The molecule has 192 valence electrons. The number of rotatable bonds is 11. The molecule has 0 heterocycles. The summed E-state index contributed by atoms with van der Waals surface area (Å²) >= 11 is 0. The molecule has 0 saturated carbocycles. The van der Waals surface area contributed by atoms with Crippen LogP contribution in [0.4, 0.5) is 4.79 Å². The molecule has 9 nitrogen and oxygen atoms in total. The molecule has 2 amide bonds. The molecule has 0 spiro atoms. The van der Waals surface area contributed by atoms with E-state index in [9.17, 15) is 29.4 Å². The molecule has 0 unspecified atom stereocenters. The summed E-state index contributed by atoms with van der Waals surface area (Å²) in [6.07, 6.45) is -2.33. The molecule has 3 aromatic carbocycles. The fourth-order valence-electron chi connectivity index (χ4n) is 3.54. The molecular formula is C28H28N2O7. The highest BCUT2D eigenvalue weighted by Crippen LogP contribution is 2.13. The number of nitrogens with one attached hydrogen (secondary N) is 2. The molecule has 3 rings (SSSR count). The number of aliphatic hydroxyl groups excluding tert-OH is 1. The Balaban J connectivity index is 1.60. The summed E-state index contributed by atoms with van der Waals surface area (Å²) in [6, 6.07) is 21.3. The van der Waals surface area contributed by atoms with Crippen molar-refractivity contribution in [1.29, 1.82) is 0 Å². The summed E-state index contributed by atoms with van der Waals surface area (Å²) in [6.45, 7) is 1.25. The Morgan fingerprint density at radius 2 is 1.35 bits per heavy atom. The third-order valence-electron chi connectivity index (χ3n) is 5.56. The first kappa shape index (κ1) is 27.1. The number of aliphatic hydroxyl groups is 1. The van der Waals surface area contributed by atoms with Crippen LogP contribution in [-0.4, -0.2) is 52.2 Å². The van der Waals surface area contributed by atoms with Gasteiger partial charge in [-0.2, -0.15) is 0 Å². The van der Waals surface area contributed by atoms with Crippen molar-refractivity contribution in [3.63, 3.8) is 0 Å². The van der Waals surface area contributed by atoms with Crippen molar-refractivity contribution in [3.05, 3.63) is 107 Å². The largest absolute Gasteiger partial charge is 0.480 e. The predicted molar refractivity (Wildman–Crippen MR) is 135 cm³/mol. The van der Waals surface area contributed by atoms with Crippen LogP contribution in [0.25, 0.3) is 0 Å². The maximum absolute atomic E-state index is 12.8. The number of ether oxygens (including phenoxy) is 1. The number of aliphatic carboxylic acids is 1. The normalized spacial score (nSPS) is 13.0. The van der Waals surface area contributed by atoms with Gasteiger partial charge in [0, 0.05) is 17.5 Å². The Morgan fingerprint density at radius 1 is 0.784 bits per heavy atom. The smallest absolute Gasteiger partial charge is 0.408 e. The highest BCUT2D eigenvalue weighted by Gasteiger charge is 2.30. The van der Waals surface area contributed by atoms with E-state index in [2.05, 4.69) is 10.6 Å². The highest BCUT2D eigenvalue weighted by molar-refractivity contribution is 6.08. The maximum atomic E-state index is 12.8. The Hall–Kier alpha value is -4.50. The highest BCUT2D eigenvalue weighted by atomic mass is 16.5. The summed E-state index contributed by atoms with van der Waals surface area (Å²) in [7, 11) is 0. The summed E-state index contributed by atoms with van der Waals surface area (Å²) in [5.41, 5.74) is 2.28. The SMILES string of the molecule is C[C@@H](O)[C@H](NC(=O)OCc1ccccc1)C(=O)N[C@H](Cc1ccc(C(=O)c2ccccc2)cc1)C(=O)O. The molecule has 0 bridgehead atoms. The van der Waals surface area contributed by atoms with Gasteiger partial charge in [0.05, 0.1) is 6.10 Å². The monoisotopic (exact) mass is 504 g/mol. The molecular weight excluding hydrogens is 476 g/mol. The predicted octanol–water partition coefficient (Wildman–Crippen LogP) is 2.71. The van der Waals surface area contributed by atoms with E-state index in [-0.39, 0.29) is 18.8 Å². The third-order valence-corrected chi connectivity index (χ3v) is 5.56. The van der Waals surface area contributed by atoms with Crippen LogP contribution < -0.4 is 10.6 Å². The van der Waals surface area contributed by atoms with Gasteiger partial charge in [-0.1, -0.05) is 84.9 Å². The zero-order chi connectivity index (χ0) is 26.8. The molecule has 37 heavy (non-hydrogen) atoms. The van der Waals surface area contributed by atoms with Crippen molar-refractivity contribution in [2.45, 2.75) is 38.1 Å². The molecule has 0 fully saturated rings. The van der Waals surface area contributed by atoms with E-state index in [1.54, 1.807) is 72.8 Å². The first-order valence-corrected chi connectivity index (χ1v) is 11.6. The number of benzene rings is 3. The molecule has 0 aliphatic heterocycles. The van der Waals surface area contributed by atoms with Crippen LogP contribution in [0.2, 0.25) is 0 Å². The number of hydrogen-bond donors (Lipinski definition) is 4. The lowest BCUT2D eigenvalue weighted by molar-refractivity contribution is -0.142. The van der Waals surface area contributed by atoms with Crippen molar-refractivity contribution in [3.8, 4) is 0 Å².